The molecule has 1 aliphatic rings. The highest BCUT2D eigenvalue weighted by Crippen LogP contribution is 2.37. The number of hydrogen-bond donors (Lipinski definition) is 0. The van der Waals surface area contributed by atoms with Crippen LogP contribution in [0.3, 0.4) is 0 Å². The van der Waals surface area contributed by atoms with Gasteiger partial charge in [-0.05, 0) is 59.6 Å². The van der Waals surface area contributed by atoms with Gasteiger partial charge in [0.05, 0.1) is 7.11 Å². The lowest BCUT2D eigenvalue weighted by Crippen LogP contribution is -2.15. The minimum Gasteiger partial charge on any atom is -0.497 e. The van der Waals surface area contributed by atoms with E-state index in [1.54, 1.807) is 18.4 Å². The van der Waals surface area contributed by atoms with Gasteiger partial charge in [-0.15, -0.1) is 11.3 Å². The third kappa shape index (κ3) is 3.24. The van der Waals surface area contributed by atoms with Crippen LogP contribution >= 0.6 is 11.3 Å². The van der Waals surface area contributed by atoms with Crippen molar-refractivity contribution in [2.75, 3.05) is 7.11 Å². The monoisotopic (exact) mass is 298 g/mol. The molecule has 21 heavy (non-hydrogen) atoms. The first-order chi connectivity index (χ1) is 10.3. The molecule has 1 aromatic carbocycles. The molecule has 1 heterocycles. The van der Waals surface area contributed by atoms with Gasteiger partial charge in [0.15, 0.2) is 5.78 Å². The fourth-order valence-electron chi connectivity index (χ4n) is 2.75. The number of thiophene rings is 1. The molecule has 1 aliphatic carbocycles. The maximum Gasteiger partial charge on any atom is 0.158 e. The van der Waals surface area contributed by atoms with Crippen molar-refractivity contribution in [3.8, 4) is 5.75 Å². The molecule has 1 unspecified atom stereocenters. The van der Waals surface area contributed by atoms with E-state index >= 15 is 0 Å². The summed E-state index contributed by atoms with van der Waals surface area (Å²) in [7, 11) is 1.66. The summed E-state index contributed by atoms with van der Waals surface area (Å²) in [5.41, 5.74) is 2.01. The maximum absolute atomic E-state index is 12.1. The lowest BCUT2D eigenvalue weighted by atomic mass is 9.83. The molecule has 3 heteroatoms. The van der Waals surface area contributed by atoms with Crippen molar-refractivity contribution in [1.82, 2.24) is 0 Å². The molecule has 0 N–H and O–H groups in total. The zero-order valence-corrected chi connectivity index (χ0v) is 12.9. The van der Waals surface area contributed by atoms with Crippen LogP contribution in [0.1, 0.15) is 35.6 Å². The van der Waals surface area contributed by atoms with E-state index in [0.29, 0.717) is 18.1 Å². The molecule has 1 aromatic heterocycles. The smallest absolute Gasteiger partial charge is 0.158 e. The van der Waals surface area contributed by atoms with E-state index in [4.69, 9.17) is 4.74 Å². The molecule has 0 spiro atoms. The Balaban J connectivity index is 1.81. The molecule has 108 valence electrons. The lowest BCUT2D eigenvalue weighted by Gasteiger charge is -2.22. The van der Waals surface area contributed by atoms with Crippen molar-refractivity contribution in [2.24, 2.45) is 0 Å². The molecule has 1 atom stereocenters. The van der Waals surface area contributed by atoms with E-state index < -0.39 is 0 Å². The Morgan fingerprint density at radius 3 is 2.71 bits per heavy atom. The summed E-state index contributed by atoms with van der Waals surface area (Å²) in [5, 5.41) is 2.11. The van der Waals surface area contributed by atoms with Gasteiger partial charge >= 0.3 is 0 Å². The highest BCUT2D eigenvalue weighted by atomic mass is 32.1. The van der Waals surface area contributed by atoms with E-state index in [2.05, 4.69) is 17.5 Å². The van der Waals surface area contributed by atoms with Crippen LogP contribution in [0.4, 0.5) is 0 Å². The van der Waals surface area contributed by atoms with E-state index in [1.807, 2.05) is 30.3 Å². The van der Waals surface area contributed by atoms with Crippen LogP contribution in [-0.2, 0) is 4.79 Å². The molecule has 2 nitrogen and oxygen atoms in total. The Bertz CT molecular complexity index is 638. The summed E-state index contributed by atoms with van der Waals surface area (Å²) >= 11 is 1.79. The van der Waals surface area contributed by atoms with Gasteiger partial charge in [0.25, 0.3) is 0 Å². The summed E-state index contributed by atoms with van der Waals surface area (Å²) in [5.74, 6) is 1.62. The van der Waals surface area contributed by atoms with E-state index in [-0.39, 0.29) is 0 Å². The minimum atomic E-state index is 0.290. The summed E-state index contributed by atoms with van der Waals surface area (Å²) in [6.07, 6.45) is 4.51. The number of ketones is 1. The molecule has 0 saturated heterocycles. The quantitative estimate of drug-likeness (QED) is 0.769. The fourth-order valence-corrected chi connectivity index (χ4v) is 3.62. The van der Waals surface area contributed by atoms with Gasteiger partial charge in [0.1, 0.15) is 5.75 Å². The maximum atomic E-state index is 12.1. The molecule has 0 aliphatic heterocycles. The average molecular weight is 298 g/mol. The first-order valence-electron chi connectivity index (χ1n) is 7.17. The van der Waals surface area contributed by atoms with Crippen LogP contribution in [0.25, 0.3) is 6.08 Å². The number of ether oxygens (including phenoxy) is 1. The molecule has 2 aromatic rings. The largest absolute Gasteiger partial charge is 0.497 e. The normalized spacial score (nSPS) is 20.7. The predicted octanol–water partition coefficient (Wildman–Crippen LogP) is 4.68. The summed E-state index contributed by atoms with van der Waals surface area (Å²) in [6, 6.07) is 12.1. The van der Waals surface area contributed by atoms with Crippen LogP contribution in [0.5, 0.6) is 5.75 Å². The number of rotatable bonds is 3. The van der Waals surface area contributed by atoms with Crippen molar-refractivity contribution >= 4 is 23.2 Å². The van der Waals surface area contributed by atoms with Gasteiger partial charge in [-0.2, -0.15) is 0 Å². The average Bonchev–Trinajstić information content (AvgIpc) is 3.04. The second-order valence-electron chi connectivity index (χ2n) is 5.32. The number of methoxy groups -OCH3 is 1. The minimum absolute atomic E-state index is 0.290. The zero-order valence-electron chi connectivity index (χ0n) is 12.0. The van der Waals surface area contributed by atoms with Crippen molar-refractivity contribution < 1.29 is 9.53 Å². The van der Waals surface area contributed by atoms with E-state index in [0.717, 1.165) is 29.7 Å². The number of Topliss-reactive ketones (excluding diaryl/α,β-unsaturated/α-hetero) is 1. The third-order valence-corrected chi connectivity index (χ3v) is 4.98. The van der Waals surface area contributed by atoms with E-state index in [9.17, 15) is 4.79 Å². The molecule has 0 radical (unpaired) electrons. The van der Waals surface area contributed by atoms with Gasteiger partial charge in [0.2, 0.25) is 0 Å². The Kier molecular flexibility index (Phi) is 4.20. The first kappa shape index (κ1) is 14.1. The first-order valence-corrected chi connectivity index (χ1v) is 8.05. The second kappa shape index (κ2) is 6.27. The van der Waals surface area contributed by atoms with Gasteiger partial charge in [0, 0.05) is 11.3 Å². The predicted molar refractivity (Wildman–Crippen MR) is 86.9 cm³/mol. The third-order valence-electron chi connectivity index (χ3n) is 3.95. The van der Waals surface area contributed by atoms with Crippen molar-refractivity contribution in [2.45, 2.75) is 25.2 Å². The molecule has 0 amide bonds. The molecule has 0 bridgehead atoms. The van der Waals surface area contributed by atoms with Gasteiger partial charge in [-0.3, -0.25) is 4.79 Å². The summed E-state index contributed by atoms with van der Waals surface area (Å²) < 4.78 is 5.16. The van der Waals surface area contributed by atoms with Crippen molar-refractivity contribution in [3.05, 3.63) is 57.8 Å². The standard InChI is InChI=1S/C18H18O2S/c1-20-16-7-4-13(5-8-16)11-15-12-14(6-9-17(15)19)18-3-2-10-21-18/h2-5,7-8,10-11,14H,6,9,12H2,1H3/b15-11-. The number of allylic oxidation sites excluding steroid dienone is 1. The Labute approximate surface area is 129 Å². The van der Waals surface area contributed by atoms with Crippen LogP contribution < -0.4 is 4.74 Å². The summed E-state index contributed by atoms with van der Waals surface area (Å²) in [4.78, 5) is 13.5. The Morgan fingerprint density at radius 2 is 2.05 bits per heavy atom. The molecular formula is C18H18O2S. The molecule has 1 saturated carbocycles. The summed E-state index contributed by atoms with van der Waals surface area (Å²) in [6.45, 7) is 0. The number of carbonyl (C=O) groups excluding carboxylic acids is 1. The highest BCUT2D eigenvalue weighted by molar-refractivity contribution is 7.10. The van der Waals surface area contributed by atoms with Crippen LogP contribution in [-0.4, -0.2) is 12.9 Å². The van der Waals surface area contributed by atoms with Gasteiger partial charge < -0.3 is 4.74 Å². The molecular weight excluding hydrogens is 280 g/mol. The fraction of sp³-hybridized carbons (Fsp3) is 0.278. The lowest BCUT2D eigenvalue weighted by molar-refractivity contribution is -0.116. The van der Waals surface area contributed by atoms with Gasteiger partial charge in [-0.1, -0.05) is 18.2 Å². The Hall–Kier alpha value is -1.87. The van der Waals surface area contributed by atoms with Crippen molar-refractivity contribution in [3.63, 3.8) is 0 Å². The highest BCUT2D eigenvalue weighted by Gasteiger charge is 2.25. The molecule has 3 rings (SSSR count). The zero-order chi connectivity index (χ0) is 14.7. The topological polar surface area (TPSA) is 26.3 Å². The van der Waals surface area contributed by atoms with Crippen molar-refractivity contribution in [1.29, 1.82) is 0 Å². The van der Waals surface area contributed by atoms with Crippen LogP contribution in [0, 0.1) is 0 Å². The number of benzene rings is 1. The number of carbonyl (C=O) groups is 1. The number of hydrogen-bond acceptors (Lipinski definition) is 3. The van der Waals surface area contributed by atoms with Crippen LogP contribution in [0.15, 0.2) is 47.4 Å². The van der Waals surface area contributed by atoms with E-state index in [1.165, 1.54) is 4.88 Å². The van der Waals surface area contributed by atoms with Crippen LogP contribution in [0.2, 0.25) is 0 Å². The van der Waals surface area contributed by atoms with Gasteiger partial charge in [-0.25, -0.2) is 0 Å². The SMILES string of the molecule is COc1ccc(/C=C2/CC(c3cccs3)CCC2=O)cc1. The Morgan fingerprint density at radius 1 is 1.24 bits per heavy atom. The second-order valence-corrected chi connectivity index (χ2v) is 6.30. The molecule has 1 fully saturated rings.